The van der Waals surface area contributed by atoms with Gasteiger partial charge in [0.25, 0.3) is 5.56 Å². The van der Waals surface area contributed by atoms with Gasteiger partial charge in [-0.15, -0.1) is 0 Å². The van der Waals surface area contributed by atoms with Crippen LogP contribution in [0.2, 0.25) is 5.02 Å². The number of rotatable bonds is 13. The number of hydrogen-bond acceptors (Lipinski definition) is 6. The molecule has 1 N–H and O–H groups in total. The molecular formula is C29H38ClN5O4. The lowest BCUT2D eigenvalue weighted by Gasteiger charge is -2.23. The number of para-hydroxylation sites is 1. The highest BCUT2D eigenvalue weighted by Crippen LogP contribution is 2.30. The second-order valence-corrected chi connectivity index (χ2v) is 11.0. The molecular weight excluding hydrogens is 518 g/mol. The van der Waals surface area contributed by atoms with Crippen molar-refractivity contribution in [3.8, 4) is 11.6 Å². The monoisotopic (exact) mass is 555 g/mol. The summed E-state index contributed by atoms with van der Waals surface area (Å²) < 4.78 is 8.86. The van der Waals surface area contributed by atoms with E-state index < -0.39 is 5.41 Å². The standard InChI is InChI=1S/C29H38ClN5O4/c1-7-39-27-22(17-20(30)19-31-27)24(36)13-15-29(2,3)18-25(37)32-26-23(14-16-33(4)5)34(6)35(28(26)38)21-11-9-8-10-12-21/h8-12,17,19H,7,13-16,18H2,1-6H3,(H,32,37). The molecule has 0 atom stereocenters. The van der Waals surface area contributed by atoms with Crippen molar-refractivity contribution in [1.82, 2.24) is 19.2 Å². The normalized spacial score (nSPS) is 11.6. The average molecular weight is 556 g/mol. The number of ketones is 1. The van der Waals surface area contributed by atoms with E-state index in [2.05, 4.69) is 10.3 Å². The number of nitrogens with one attached hydrogen (secondary N) is 1. The number of amides is 1. The molecule has 0 fully saturated rings. The lowest BCUT2D eigenvalue weighted by Crippen LogP contribution is -2.26. The van der Waals surface area contributed by atoms with Crippen molar-refractivity contribution in [1.29, 1.82) is 0 Å². The van der Waals surface area contributed by atoms with Crippen molar-refractivity contribution in [2.45, 2.75) is 46.5 Å². The molecule has 0 spiro atoms. The van der Waals surface area contributed by atoms with E-state index in [4.69, 9.17) is 16.3 Å². The lowest BCUT2D eigenvalue weighted by molar-refractivity contribution is -0.118. The number of ether oxygens (including phenoxy) is 1. The second kappa shape index (κ2) is 13.1. The maximum atomic E-state index is 13.5. The number of carbonyl (C=O) groups is 2. The molecule has 0 bridgehead atoms. The van der Waals surface area contributed by atoms with E-state index in [1.165, 1.54) is 6.20 Å². The molecule has 0 unspecified atom stereocenters. The van der Waals surface area contributed by atoms with E-state index in [1.807, 2.05) is 77.1 Å². The number of nitrogens with zero attached hydrogens (tertiary/aromatic N) is 4. The first-order valence-corrected chi connectivity index (χ1v) is 13.4. The summed E-state index contributed by atoms with van der Waals surface area (Å²) in [5, 5.41) is 3.25. The van der Waals surface area contributed by atoms with Gasteiger partial charge in [0.2, 0.25) is 11.8 Å². The molecule has 0 radical (unpaired) electrons. The van der Waals surface area contributed by atoms with Gasteiger partial charge in [-0.05, 0) is 51.1 Å². The Bertz CT molecular complexity index is 1360. The number of anilines is 1. The molecule has 0 saturated carbocycles. The Labute approximate surface area is 234 Å². The minimum absolute atomic E-state index is 0.138. The third kappa shape index (κ3) is 7.80. The Hall–Kier alpha value is -3.43. The first-order valence-electron chi connectivity index (χ1n) is 13.1. The van der Waals surface area contributed by atoms with Crippen LogP contribution in [0.5, 0.6) is 5.88 Å². The predicted molar refractivity (Wildman–Crippen MR) is 154 cm³/mol. The van der Waals surface area contributed by atoms with Gasteiger partial charge in [-0.3, -0.25) is 19.1 Å². The molecule has 1 amide bonds. The molecule has 1 aromatic carbocycles. The Balaban J connectivity index is 1.76. The molecule has 2 heterocycles. The second-order valence-electron chi connectivity index (χ2n) is 10.6. The number of aromatic nitrogens is 3. The summed E-state index contributed by atoms with van der Waals surface area (Å²) in [4.78, 5) is 45.8. The van der Waals surface area contributed by atoms with Crippen LogP contribution in [0.25, 0.3) is 5.69 Å². The van der Waals surface area contributed by atoms with Gasteiger partial charge < -0.3 is 15.0 Å². The smallest absolute Gasteiger partial charge is 0.295 e. The molecule has 210 valence electrons. The van der Waals surface area contributed by atoms with Crippen LogP contribution < -0.4 is 15.6 Å². The van der Waals surface area contributed by atoms with Crippen LogP contribution in [-0.4, -0.2) is 58.2 Å². The summed E-state index contributed by atoms with van der Waals surface area (Å²) in [5.74, 6) is -0.172. The summed E-state index contributed by atoms with van der Waals surface area (Å²) in [6, 6.07) is 10.9. The van der Waals surface area contributed by atoms with Crippen molar-refractivity contribution >= 4 is 29.0 Å². The largest absolute Gasteiger partial charge is 0.477 e. The van der Waals surface area contributed by atoms with E-state index in [-0.39, 0.29) is 41.7 Å². The van der Waals surface area contributed by atoms with Gasteiger partial charge in [-0.25, -0.2) is 9.67 Å². The molecule has 0 aliphatic carbocycles. The van der Waals surface area contributed by atoms with Gasteiger partial charge in [-0.1, -0.05) is 43.6 Å². The van der Waals surface area contributed by atoms with Gasteiger partial charge in [-0.2, -0.15) is 0 Å². The van der Waals surface area contributed by atoms with Gasteiger partial charge >= 0.3 is 0 Å². The number of Topliss-reactive ketones (excluding diaryl/α,β-unsaturated/α-hetero) is 1. The van der Waals surface area contributed by atoms with Crippen molar-refractivity contribution < 1.29 is 14.3 Å². The number of carbonyl (C=O) groups excluding carboxylic acids is 2. The SMILES string of the molecule is CCOc1ncc(Cl)cc1C(=O)CCC(C)(C)CC(=O)Nc1c(CCN(C)C)n(C)n(-c2ccccc2)c1=O. The number of benzene rings is 1. The minimum atomic E-state index is -0.505. The molecule has 3 aromatic rings. The fraction of sp³-hybridized carbons (Fsp3) is 0.448. The maximum Gasteiger partial charge on any atom is 0.295 e. The van der Waals surface area contributed by atoms with Crippen LogP contribution in [0.4, 0.5) is 5.69 Å². The lowest BCUT2D eigenvalue weighted by atomic mass is 9.83. The molecule has 9 nitrogen and oxygen atoms in total. The summed E-state index contributed by atoms with van der Waals surface area (Å²) in [5.41, 5.74) is 1.30. The van der Waals surface area contributed by atoms with Gasteiger partial charge in [0.05, 0.1) is 28.6 Å². The number of hydrogen-bond donors (Lipinski definition) is 1. The van der Waals surface area contributed by atoms with Crippen LogP contribution in [0.3, 0.4) is 0 Å². The van der Waals surface area contributed by atoms with Gasteiger partial charge in [0.1, 0.15) is 5.69 Å². The first-order chi connectivity index (χ1) is 18.4. The third-order valence-electron chi connectivity index (χ3n) is 6.51. The fourth-order valence-corrected chi connectivity index (χ4v) is 4.58. The van der Waals surface area contributed by atoms with Gasteiger partial charge in [0.15, 0.2) is 5.78 Å². The molecule has 10 heteroatoms. The zero-order valence-corrected chi connectivity index (χ0v) is 24.3. The Morgan fingerprint density at radius 2 is 1.87 bits per heavy atom. The highest BCUT2D eigenvalue weighted by Gasteiger charge is 2.27. The Morgan fingerprint density at radius 1 is 1.18 bits per heavy atom. The average Bonchev–Trinajstić information content (AvgIpc) is 3.10. The van der Waals surface area contributed by atoms with Crippen molar-refractivity contribution in [3.05, 3.63) is 69.2 Å². The van der Waals surface area contributed by atoms with Crippen LogP contribution in [0.15, 0.2) is 47.4 Å². The number of likely N-dealkylation sites (N-methyl/N-ethyl adjacent to an activating group) is 1. The van der Waals surface area contributed by atoms with Crippen LogP contribution >= 0.6 is 11.6 Å². The van der Waals surface area contributed by atoms with Crippen molar-refractivity contribution in [2.24, 2.45) is 12.5 Å². The van der Waals surface area contributed by atoms with Crippen LogP contribution in [0, 0.1) is 5.41 Å². The maximum absolute atomic E-state index is 13.5. The minimum Gasteiger partial charge on any atom is -0.477 e. The molecule has 0 saturated heterocycles. The zero-order chi connectivity index (χ0) is 28.7. The summed E-state index contributed by atoms with van der Waals surface area (Å²) in [7, 11) is 5.75. The van der Waals surface area contributed by atoms with Crippen molar-refractivity contribution in [3.63, 3.8) is 0 Å². The number of pyridine rings is 1. The molecule has 39 heavy (non-hydrogen) atoms. The molecule has 0 aliphatic heterocycles. The summed E-state index contributed by atoms with van der Waals surface area (Å²) in [6.45, 7) is 6.77. The Morgan fingerprint density at radius 3 is 2.51 bits per heavy atom. The molecule has 0 aliphatic rings. The van der Waals surface area contributed by atoms with E-state index in [1.54, 1.807) is 15.4 Å². The van der Waals surface area contributed by atoms with Crippen LogP contribution in [-0.2, 0) is 18.3 Å². The highest BCUT2D eigenvalue weighted by atomic mass is 35.5. The summed E-state index contributed by atoms with van der Waals surface area (Å²) in [6.07, 6.45) is 2.82. The van der Waals surface area contributed by atoms with E-state index in [9.17, 15) is 14.4 Å². The topological polar surface area (TPSA) is 98.5 Å². The van der Waals surface area contributed by atoms with E-state index >= 15 is 0 Å². The van der Waals surface area contributed by atoms with E-state index in [0.717, 1.165) is 11.4 Å². The summed E-state index contributed by atoms with van der Waals surface area (Å²) >= 11 is 6.06. The quantitative estimate of drug-likeness (QED) is 0.306. The Kier molecular flexibility index (Phi) is 10.1. The molecule has 3 rings (SSSR count). The van der Waals surface area contributed by atoms with Crippen molar-refractivity contribution in [2.75, 3.05) is 32.6 Å². The third-order valence-corrected chi connectivity index (χ3v) is 6.72. The molecule has 2 aromatic heterocycles. The fourth-order valence-electron chi connectivity index (χ4n) is 4.42. The highest BCUT2D eigenvalue weighted by molar-refractivity contribution is 6.30. The van der Waals surface area contributed by atoms with E-state index in [0.29, 0.717) is 36.6 Å². The number of halogens is 1. The van der Waals surface area contributed by atoms with Crippen LogP contribution in [0.1, 0.15) is 56.1 Å². The zero-order valence-electron chi connectivity index (χ0n) is 23.6. The first kappa shape index (κ1) is 30.1. The van der Waals surface area contributed by atoms with Gasteiger partial charge in [0, 0.05) is 39.1 Å². The predicted octanol–water partition coefficient (Wildman–Crippen LogP) is 4.75.